The maximum atomic E-state index is 13.3. The lowest BCUT2D eigenvalue weighted by atomic mass is 9.98. The maximum Gasteiger partial charge on any atom is 0.124 e. The molecule has 1 unspecified atom stereocenters. The van der Waals surface area contributed by atoms with Crippen LogP contribution in [0, 0.1) is 9.39 Å². The first-order valence-electron chi connectivity index (χ1n) is 6.95. The van der Waals surface area contributed by atoms with Gasteiger partial charge in [-0.2, -0.15) is 0 Å². The van der Waals surface area contributed by atoms with Crippen LogP contribution in [0.1, 0.15) is 24.1 Å². The Labute approximate surface area is 138 Å². The fourth-order valence-corrected chi connectivity index (χ4v) is 3.21. The number of rotatable bonds is 6. The van der Waals surface area contributed by atoms with Crippen LogP contribution in [-0.4, -0.2) is 13.7 Å². The molecule has 0 fully saturated rings. The van der Waals surface area contributed by atoms with Crippen LogP contribution < -0.4 is 10.1 Å². The molecular formula is C17H19FINO. The third-order valence-electron chi connectivity index (χ3n) is 3.36. The Morgan fingerprint density at radius 1 is 1.24 bits per heavy atom. The minimum atomic E-state index is -0.195. The van der Waals surface area contributed by atoms with E-state index in [-0.39, 0.29) is 11.9 Å². The second kappa shape index (κ2) is 7.75. The summed E-state index contributed by atoms with van der Waals surface area (Å²) in [7, 11) is 1.67. The Bertz CT molecular complexity index is 603. The average Bonchev–Trinajstić information content (AvgIpc) is 2.47. The van der Waals surface area contributed by atoms with E-state index in [1.165, 1.54) is 11.6 Å². The highest BCUT2D eigenvalue weighted by atomic mass is 127. The first kappa shape index (κ1) is 16.2. The fraction of sp³-hybridized carbons (Fsp3) is 0.294. The highest BCUT2D eigenvalue weighted by Gasteiger charge is 2.15. The molecule has 0 aromatic heterocycles. The van der Waals surface area contributed by atoms with Gasteiger partial charge in [0.25, 0.3) is 0 Å². The van der Waals surface area contributed by atoms with Gasteiger partial charge in [-0.15, -0.1) is 0 Å². The molecule has 0 amide bonds. The predicted molar refractivity (Wildman–Crippen MR) is 92.2 cm³/mol. The highest BCUT2D eigenvalue weighted by Crippen LogP contribution is 2.25. The van der Waals surface area contributed by atoms with Gasteiger partial charge in [0.2, 0.25) is 0 Å². The van der Waals surface area contributed by atoms with Crippen molar-refractivity contribution in [3.05, 3.63) is 63.0 Å². The highest BCUT2D eigenvalue weighted by molar-refractivity contribution is 14.1. The summed E-state index contributed by atoms with van der Waals surface area (Å²) in [5, 5.41) is 3.48. The molecule has 0 heterocycles. The Morgan fingerprint density at radius 3 is 2.71 bits per heavy atom. The van der Waals surface area contributed by atoms with Crippen LogP contribution in [0.2, 0.25) is 0 Å². The topological polar surface area (TPSA) is 21.3 Å². The van der Waals surface area contributed by atoms with Crippen LogP contribution in [0.25, 0.3) is 0 Å². The molecule has 2 nitrogen and oxygen atoms in total. The van der Waals surface area contributed by atoms with E-state index in [0.717, 1.165) is 27.8 Å². The van der Waals surface area contributed by atoms with Gasteiger partial charge in [-0.1, -0.05) is 25.1 Å². The second-order valence-electron chi connectivity index (χ2n) is 4.83. The number of methoxy groups -OCH3 is 1. The standard InChI is InChI=1S/C17H19FINO/c1-3-20-17(15-8-7-13(18)11-16(15)19)10-12-5-4-6-14(9-12)21-2/h4-9,11,17,20H,3,10H2,1-2H3. The van der Waals surface area contributed by atoms with Gasteiger partial charge in [-0.05, 0) is 70.9 Å². The van der Waals surface area contributed by atoms with E-state index in [2.05, 4.69) is 40.9 Å². The molecule has 1 N–H and O–H groups in total. The quantitative estimate of drug-likeness (QED) is 0.731. The van der Waals surface area contributed by atoms with Crippen molar-refractivity contribution in [1.29, 1.82) is 0 Å². The molecule has 0 aliphatic rings. The van der Waals surface area contributed by atoms with Gasteiger partial charge in [0.05, 0.1) is 7.11 Å². The van der Waals surface area contributed by atoms with Gasteiger partial charge >= 0.3 is 0 Å². The Morgan fingerprint density at radius 2 is 2.05 bits per heavy atom. The third kappa shape index (κ3) is 4.41. The van der Waals surface area contributed by atoms with Gasteiger partial charge < -0.3 is 10.1 Å². The summed E-state index contributed by atoms with van der Waals surface area (Å²) < 4.78 is 19.5. The fourth-order valence-electron chi connectivity index (χ4n) is 2.36. The number of likely N-dealkylation sites (N-methyl/N-ethyl adjacent to an activating group) is 1. The molecule has 4 heteroatoms. The van der Waals surface area contributed by atoms with Crippen molar-refractivity contribution >= 4 is 22.6 Å². The minimum absolute atomic E-state index is 0.162. The van der Waals surface area contributed by atoms with E-state index in [9.17, 15) is 4.39 Å². The SMILES string of the molecule is CCNC(Cc1cccc(OC)c1)c1ccc(F)cc1I. The van der Waals surface area contributed by atoms with Crippen LogP contribution >= 0.6 is 22.6 Å². The molecule has 1 atom stereocenters. The minimum Gasteiger partial charge on any atom is -0.497 e. The smallest absolute Gasteiger partial charge is 0.124 e. The zero-order valence-corrected chi connectivity index (χ0v) is 14.4. The lowest BCUT2D eigenvalue weighted by Gasteiger charge is -2.20. The molecule has 2 rings (SSSR count). The number of ether oxygens (including phenoxy) is 1. The zero-order chi connectivity index (χ0) is 15.2. The average molecular weight is 399 g/mol. The first-order valence-corrected chi connectivity index (χ1v) is 8.03. The first-order chi connectivity index (χ1) is 10.1. The Kier molecular flexibility index (Phi) is 5.99. The molecule has 0 saturated carbocycles. The van der Waals surface area contributed by atoms with Crippen molar-refractivity contribution in [3.63, 3.8) is 0 Å². The van der Waals surface area contributed by atoms with Crippen molar-refractivity contribution in [1.82, 2.24) is 5.32 Å². The number of benzene rings is 2. The summed E-state index contributed by atoms with van der Waals surface area (Å²) in [6.45, 7) is 2.94. The van der Waals surface area contributed by atoms with E-state index in [1.54, 1.807) is 13.2 Å². The van der Waals surface area contributed by atoms with E-state index in [0.29, 0.717) is 0 Å². The molecular weight excluding hydrogens is 380 g/mol. The number of nitrogens with one attached hydrogen (secondary N) is 1. The van der Waals surface area contributed by atoms with Crippen LogP contribution in [-0.2, 0) is 6.42 Å². The molecule has 0 saturated heterocycles. The Balaban J connectivity index is 2.26. The van der Waals surface area contributed by atoms with Crippen LogP contribution in [0.3, 0.4) is 0 Å². The predicted octanol–water partition coefficient (Wildman–Crippen LogP) is 4.33. The normalized spacial score (nSPS) is 12.2. The largest absolute Gasteiger partial charge is 0.497 e. The van der Waals surface area contributed by atoms with Crippen LogP contribution in [0.4, 0.5) is 4.39 Å². The van der Waals surface area contributed by atoms with E-state index >= 15 is 0 Å². The number of hydrogen-bond donors (Lipinski definition) is 1. The van der Waals surface area contributed by atoms with Crippen LogP contribution in [0.5, 0.6) is 5.75 Å². The summed E-state index contributed by atoms with van der Waals surface area (Å²) in [6.07, 6.45) is 0.840. The maximum absolute atomic E-state index is 13.3. The number of halogens is 2. The molecule has 21 heavy (non-hydrogen) atoms. The molecule has 2 aromatic carbocycles. The van der Waals surface area contributed by atoms with Gasteiger partial charge in [-0.25, -0.2) is 4.39 Å². The van der Waals surface area contributed by atoms with Gasteiger partial charge in [-0.3, -0.25) is 0 Å². The lowest BCUT2D eigenvalue weighted by molar-refractivity contribution is 0.414. The summed E-state index contributed by atoms with van der Waals surface area (Å²) in [6, 6.07) is 13.2. The van der Waals surface area contributed by atoms with E-state index in [4.69, 9.17) is 4.74 Å². The van der Waals surface area contributed by atoms with Crippen molar-refractivity contribution < 1.29 is 9.13 Å². The summed E-state index contributed by atoms with van der Waals surface area (Å²) >= 11 is 2.19. The summed E-state index contributed by atoms with van der Waals surface area (Å²) in [5.41, 5.74) is 2.32. The van der Waals surface area contributed by atoms with Gasteiger partial charge in [0.1, 0.15) is 11.6 Å². The number of hydrogen-bond acceptors (Lipinski definition) is 2. The summed E-state index contributed by atoms with van der Waals surface area (Å²) in [4.78, 5) is 0. The summed E-state index contributed by atoms with van der Waals surface area (Å²) in [5.74, 6) is 0.663. The van der Waals surface area contributed by atoms with E-state index in [1.807, 2.05) is 24.3 Å². The molecule has 0 aliphatic carbocycles. The van der Waals surface area contributed by atoms with Gasteiger partial charge in [0.15, 0.2) is 0 Å². The molecule has 0 bridgehead atoms. The molecule has 112 valence electrons. The Hall–Kier alpha value is -1.14. The molecule has 0 aliphatic heterocycles. The van der Waals surface area contributed by atoms with E-state index < -0.39 is 0 Å². The van der Waals surface area contributed by atoms with Crippen molar-refractivity contribution in [2.75, 3.05) is 13.7 Å². The van der Waals surface area contributed by atoms with Gasteiger partial charge in [0, 0.05) is 9.61 Å². The lowest BCUT2D eigenvalue weighted by Crippen LogP contribution is -2.23. The molecule has 2 aromatic rings. The third-order valence-corrected chi connectivity index (χ3v) is 4.30. The van der Waals surface area contributed by atoms with Crippen molar-refractivity contribution in [2.45, 2.75) is 19.4 Å². The van der Waals surface area contributed by atoms with Crippen molar-refractivity contribution in [2.24, 2.45) is 0 Å². The monoisotopic (exact) mass is 399 g/mol. The molecule has 0 radical (unpaired) electrons. The second-order valence-corrected chi connectivity index (χ2v) is 5.99. The van der Waals surface area contributed by atoms with Crippen molar-refractivity contribution in [3.8, 4) is 5.75 Å². The zero-order valence-electron chi connectivity index (χ0n) is 12.2. The molecule has 0 spiro atoms. The van der Waals surface area contributed by atoms with Crippen LogP contribution in [0.15, 0.2) is 42.5 Å².